The van der Waals surface area contributed by atoms with E-state index < -0.39 is 0 Å². The Morgan fingerprint density at radius 1 is 1.21 bits per heavy atom. The molecular weight excluding hydrogens is 434 g/mol. The molecule has 0 amide bonds. The van der Waals surface area contributed by atoms with Gasteiger partial charge in [-0.05, 0) is 25.2 Å². The van der Waals surface area contributed by atoms with Gasteiger partial charge in [-0.2, -0.15) is 4.98 Å². The fourth-order valence-corrected chi connectivity index (χ4v) is 4.20. The molecule has 0 bridgehead atoms. The molecule has 178 valence electrons. The van der Waals surface area contributed by atoms with Crippen LogP contribution in [0.25, 0.3) is 0 Å². The summed E-state index contributed by atoms with van der Waals surface area (Å²) in [5, 5.41) is 16.8. The molecule has 1 aromatic carbocycles. The standard InChI is InChI=1S/C24H29N7O3/c1-3-7-30-31(21-6-12-33-17-21)23-19(16-34-30)14-25-24(27-23)26-20-4-5-22(18(13-20)15-32)29-10-8-28(2)9-11-29/h3-6,12-14,17,32H,1,7-11,15-16H2,2H3,(H,25,26,27). The lowest BCUT2D eigenvalue weighted by molar-refractivity contribution is -0.172. The van der Waals surface area contributed by atoms with Crippen LogP contribution < -0.4 is 15.2 Å². The third kappa shape index (κ3) is 4.48. The maximum atomic E-state index is 10.0. The number of aromatic nitrogens is 2. The van der Waals surface area contributed by atoms with Gasteiger partial charge in [0.2, 0.25) is 5.95 Å². The number of likely N-dealkylation sites (N-methyl/N-ethyl adjacent to an activating group) is 1. The first kappa shape index (κ1) is 22.4. The van der Waals surface area contributed by atoms with E-state index in [9.17, 15) is 5.11 Å². The Balaban J connectivity index is 1.41. The first-order chi connectivity index (χ1) is 16.7. The van der Waals surface area contributed by atoms with Gasteiger partial charge in [0, 0.05) is 60.9 Å². The first-order valence-electron chi connectivity index (χ1n) is 11.3. The van der Waals surface area contributed by atoms with Crippen LogP contribution in [-0.2, 0) is 18.1 Å². The van der Waals surface area contributed by atoms with Gasteiger partial charge in [0.25, 0.3) is 0 Å². The molecule has 34 heavy (non-hydrogen) atoms. The molecule has 1 fully saturated rings. The Labute approximate surface area is 198 Å². The lowest BCUT2D eigenvalue weighted by Gasteiger charge is -2.37. The summed E-state index contributed by atoms with van der Waals surface area (Å²) in [5.41, 5.74) is 4.39. The number of hydrogen-bond acceptors (Lipinski definition) is 10. The zero-order valence-electron chi connectivity index (χ0n) is 19.2. The second-order valence-corrected chi connectivity index (χ2v) is 8.35. The van der Waals surface area contributed by atoms with Crippen LogP contribution in [0.1, 0.15) is 11.1 Å². The number of hydrogen-bond donors (Lipinski definition) is 2. The van der Waals surface area contributed by atoms with E-state index in [1.165, 1.54) is 0 Å². The third-order valence-electron chi connectivity index (χ3n) is 6.02. The Hall–Kier alpha value is -3.44. The number of benzene rings is 1. The van der Waals surface area contributed by atoms with Crippen molar-refractivity contribution in [2.75, 3.05) is 55.0 Å². The van der Waals surface area contributed by atoms with Crippen LogP contribution in [0.2, 0.25) is 0 Å². The predicted molar refractivity (Wildman–Crippen MR) is 130 cm³/mol. The number of hydrazine groups is 1. The number of aliphatic hydroxyl groups excluding tert-OH is 1. The summed E-state index contributed by atoms with van der Waals surface area (Å²) in [6.45, 7) is 8.51. The second-order valence-electron chi connectivity index (χ2n) is 8.35. The van der Waals surface area contributed by atoms with Gasteiger partial charge in [-0.25, -0.2) is 9.99 Å². The number of nitrogens with zero attached hydrogens (tertiary/aromatic N) is 6. The summed E-state index contributed by atoms with van der Waals surface area (Å²) in [5.74, 6) is 1.15. The highest BCUT2D eigenvalue weighted by molar-refractivity contribution is 5.66. The van der Waals surface area contributed by atoms with Gasteiger partial charge in [-0.3, -0.25) is 4.84 Å². The summed E-state index contributed by atoms with van der Waals surface area (Å²) in [7, 11) is 2.13. The van der Waals surface area contributed by atoms with Crippen molar-refractivity contribution in [2.24, 2.45) is 0 Å². The Morgan fingerprint density at radius 3 is 2.79 bits per heavy atom. The summed E-state index contributed by atoms with van der Waals surface area (Å²) in [6, 6.07) is 7.84. The highest BCUT2D eigenvalue weighted by Crippen LogP contribution is 2.34. The smallest absolute Gasteiger partial charge is 0.229 e. The van der Waals surface area contributed by atoms with E-state index in [0.717, 1.165) is 54.4 Å². The van der Waals surface area contributed by atoms with Crippen molar-refractivity contribution in [1.29, 1.82) is 0 Å². The van der Waals surface area contributed by atoms with Gasteiger partial charge >= 0.3 is 0 Å². The molecule has 0 atom stereocenters. The van der Waals surface area contributed by atoms with E-state index in [2.05, 4.69) is 39.8 Å². The Morgan fingerprint density at radius 2 is 2.06 bits per heavy atom. The molecule has 2 aromatic heterocycles. The maximum absolute atomic E-state index is 10.0. The van der Waals surface area contributed by atoms with Crippen molar-refractivity contribution in [3.63, 3.8) is 0 Å². The molecule has 4 heterocycles. The Kier molecular flexibility index (Phi) is 6.45. The van der Waals surface area contributed by atoms with Gasteiger partial charge in [0.05, 0.1) is 19.4 Å². The van der Waals surface area contributed by atoms with Gasteiger partial charge < -0.3 is 24.6 Å². The van der Waals surface area contributed by atoms with E-state index in [0.29, 0.717) is 24.9 Å². The van der Waals surface area contributed by atoms with Crippen LogP contribution in [0.5, 0.6) is 0 Å². The number of fused-ring (bicyclic) bond motifs is 1. The van der Waals surface area contributed by atoms with Crippen LogP contribution in [-0.4, -0.2) is 64.9 Å². The Bertz CT molecular complexity index is 1130. The third-order valence-corrected chi connectivity index (χ3v) is 6.02. The molecular formula is C24H29N7O3. The molecule has 0 radical (unpaired) electrons. The van der Waals surface area contributed by atoms with Crippen LogP contribution in [0.15, 0.2) is 60.1 Å². The fourth-order valence-electron chi connectivity index (χ4n) is 4.20. The van der Waals surface area contributed by atoms with Crippen LogP contribution in [0, 0.1) is 0 Å². The van der Waals surface area contributed by atoms with Gasteiger partial charge in [-0.15, -0.1) is 6.58 Å². The topological polar surface area (TPSA) is 93.4 Å². The molecule has 2 aliphatic heterocycles. The van der Waals surface area contributed by atoms with Crippen molar-refractivity contribution in [2.45, 2.75) is 13.2 Å². The summed E-state index contributed by atoms with van der Waals surface area (Å²) in [4.78, 5) is 19.8. The first-order valence-corrected chi connectivity index (χ1v) is 11.3. The molecule has 1 saturated heterocycles. The van der Waals surface area contributed by atoms with E-state index in [1.54, 1.807) is 30.0 Å². The minimum Gasteiger partial charge on any atom is -0.470 e. The van der Waals surface area contributed by atoms with Crippen LogP contribution >= 0.6 is 0 Å². The number of piperazine rings is 1. The molecule has 0 spiro atoms. The van der Waals surface area contributed by atoms with Crippen molar-refractivity contribution >= 4 is 28.8 Å². The second kappa shape index (κ2) is 9.82. The maximum Gasteiger partial charge on any atom is 0.229 e. The van der Waals surface area contributed by atoms with Crippen molar-refractivity contribution in [1.82, 2.24) is 20.0 Å². The quantitative estimate of drug-likeness (QED) is 0.509. The average molecular weight is 464 g/mol. The van der Waals surface area contributed by atoms with Crippen molar-refractivity contribution < 1.29 is 14.4 Å². The number of aliphatic hydroxyl groups is 1. The molecule has 2 aliphatic rings. The lowest BCUT2D eigenvalue weighted by atomic mass is 10.1. The van der Waals surface area contributed by atoms with Crippen LogP contribution in [0.4, 0.5) is 28.8 Å². The SMILES string of the molecule is C=CCN1OCc2cnc(Nc3ccc(N4CCN(C)CC4)c(CO)c3)nc2N1c1ccoc1. The van der Waals surface area contributed by atoms with Crippen molar-refractivity contribution in [3.8, 4) is 0 Å². The number of anilines is 5. The molecule has 0 saturated carbocycles. The minimum atomic E-state index is -0.0373. The van der Waals surface area contributed by atoms with E-state index in [-0.39, 0.29) is 6.61 Å². The molecule has 10 nitrogen and oxygen atoms in total. The number of nitrogens with one attached hydrogen (secondary N) is 1. The summed E-state index contributed by atoms with van der Waals surface area (Å²) >= 11 is 0. The molecule has 2 N–H and O–H groups in total. The average Bonchev–Trinajstić information content (AvgIpc) is 3.39. The van der Waals surface area contributed by atoms with E-state index in [4.69, 9.17) is 14.2 Å². The fraction of sp³-hybridized carbons (Fsp3) is 0.333. The largest absolute Gasteiger partial charge is 0.470 e. The predicted octanol–water partition coefficient (Wildman–Crippen LogP) is 3.04. The normalized spacial score (nSPS) is 17.0. The highest BCUT2D eigenvalue weighted by atomic mass is 16.7. The molecule has 0 unspecified atom stereocenters. The number of furan rings is 1. The molecule has 3 aromatic rings. The summed E-state index contributed by atoms with van der Waals surface area (Å²) in [6.07, 6.45) is 6.76. The number of hydroxylamine groups is 1. The highest BCUT2D eigenvalue weighted by Gasteiger charge is 2.29. The van der Waals surface area contributed by atoms with Crippen LogP contribution in [0.3, 0.4) is 0 Å². The monoisotopic (exact) mass is 463 g/mol. The molecule has 10 heteroatoms. The number of rotatable bonds is 7. The van der Waals surface area contributed by atoms with Gasteiger partial charge in [0.15, 0.2) is 5.82 Å². The van der Waals surface area contributed by atoms with E-state index >= 15 is 0 Å². The van der Waals surface area contributed by atoms with Crippen molar-refractivity contribution in [3.05, 3.63) is 66.8 Å². The molecule has 5 rings (SSSR count). The zero-order valence-corrected chi connectivity index (χ0v) is 19.2. The molecule has 0 aliphatic carbocycles. The lowest BCUT2D eigenvalue weighted by Crippen LogP contribution is -2.44. The van der Waals surface area contributed by atoms with E-state index in [1.807, 2.05) is 23.2 Å². The minimum absolute atomic E-state index is 0.0373. The summed E-state index contributed by atoms with van der Waals surface area (Å²) < 4.78 is 5.29. The van der Waals surface area contributed by atoms with Gasteiger partial charge in [-0.1, -0.05) is 11.2 Å². The zero-order chi connectivity index (χ0) is 23.5. The van der Waals surface area contributed by atoms with Gasteiger partial charge in [0.1, 0.15) is 18.6 Å².